The van der Waals surface area contributed by atoms with Crippen LogP contribution in [-0.4, -0.2) is 43.3 Å². The van der Waals surface area contributed by atoms with Gasteiger partial charge in [0, 0.05) is 30.2 Å². The molecule has 3 aromatic carbocycles. The van der Waals surface area contributed by atoms with E-state index in [0.29, 0.717) is 41.7 Å². The summed E-state index contributed by atoms with van der Waals surface area (Å²) in [5, 5.41) is 2.10. The van der Waals surface area contributed by atoms with Crippen LogP contribution in [0.4, 0.5) is 28.9 Å². The predicted molar refractivity (Wildman–Crippen MR) is 133 cm³/mol. The molecule has 0 spiro atoms. The fraction of sp³-hybridized carbons (Fsp3) is 0.185. The lowest BCUT2D eigenvalue weighted by atomic mass is 9.97. The van der Waals surface area contributed by atoms with Gasteiger partial charge in [-0.1, -0.05) is 30.3 Å². The molecule has 1 N–H and O–H groups in total. The molecule has 2 aliphatic rings. The number of aromatic nitrogens is 1. The van der Waals surface area contributed by atoms with Crippen LogP contribution in [0.1, 0.15) is 11.8 Å². The number of nitrogens with zero attached hydrogens (tertiary/aromatic N) is 3. The van der Waals surface area contributed by atoms with Gasteiger partial charge >= 0.3 is 0 Å². The number of halogens is 4. The highest BCUT2D eigenvalue weighted by Crippen LogP contribution is 2.39. The molecular weight excluding hydrogens is 488 g/mol. The van der Waals surface area contributed by atoms with Crippen LogP contribution in [0.2, 0.25) is 0 Å². The summed E-state index contributed by atoms with van der Waals surface area (Å²) in [5.41, 5.74) is 4.26. The fourth-order valence-electron chi connectivity index (χ4n) is 4.76. The van der Waals surface area contributed by atoms with E-state index in [2.05, 4.69) is 10.4 Å². The summed E-state index contributed by atoms with van der Waals surface area (Å²) in [6.45, 7) is 0.902. The maximum Gasteiger partial charge on any atom is 0.273 e. The van der Waals surface area contributed by atoms with Crippen molar-refractivity contribution in [3.05, 3.63) is 83.8 Å². The quantitative estimate of drug-likeness (QED) is 0.300. The van der Waals surface area contributed by atoms with Gasteiger partial charge < -0.3 is 9.64 Å². The molecule has 0 aliphatic carbocycles. The molecule has 10 heteroatoms. The van der Waals surface area contributed by atoms with Crippen LogP contribution in [0.15, 0.2) is 60.8 Å². The molecule has 1 fully saturated rings. The first-order valence-corrected chi connectivity index (χ1v) is 11.7. The van der Waals surface area contributed by atoms with Crippen LogP contribution in [0.3, 0.4) is 0 Å². The van der Waals surface area contributed by atoms with Gasteiger partial charge in [-0.05, 0) is 18.2 Å². The summed E-state index contributed by atoms with van der Waals surface area (Å²) in [6.07, 6.45) is 0.255. The lowest BCUT2D eigenvalue weighted by molar-refractivity contribution is 0.0944. The Balaban J connectivity index is 0.00000294. The number of benzene rings is 3. The number of hydrogen-bond acceptors (Lipinski definition) is 5. The summed E-state index contributed by atoms with van der Waals surface area (Å²) >= 11 is 0. The molecule has 0 atom stereocenters. The molecule has 1 amide bonds. The van der Waals surface area contributed by atoms with Crippen molar-refractivity contribution in [1.29, 1.82) is 0 Å². The van der Waals surface area contributed by atoms with Gasteiger partial charge in [0.25, 0.3) is 5.91 Å². The van der Waals surface area contributed by atoms with Gasteiger partial charge in [0.1, 0.15) is 24.3 Å². The molecule has 6 rings (SSSR count). The number of pyridine rings is 1. The minimum absolute atomic E-state index is 0. The minimum Gasteiger partial charge on any atom is -0.489 e. The highest BCUT2D eigenvalue weighted by molar-refractivity contribution is 6.10. The average Bonchev–Trinajstić information content (AvgIpc) is 2.88. The number of anilines is 2. The van der Waals surface area contributed by atoms with Crippen molar-refractivity contribution in [2.75, 3.05) is 36.1 Å². The van der Waals surface area contributed by atoms with Crippen molar-refractivity contribution < 1.29 is 28.5 Å². The monoisotopic (exact) mass is 510 g/mol. The van der Waals surface area contributed by atoms with Gasteiger partial charge in [-0.3, -0.25) is 20.2 Å². The Morgan fingerprint density at radius 3 is 2.68 bits per heavy atom. The Labute approximate surface area is 210 Å². The number of hydrazine groups is 1. The van der Waals surface area contributed by atoms with E-state index in [9.17, 15) is 22.4 Å². The largest absolute Gasteiger partial charge is 0.489 e. The van der Waals surface area contributed by atoms with Crippen LogP contribution in [0.5, 0.6) is 5.75 Å². The van der Waals surface area contributed by atoms with Crippen molar-refractivity contribution in [3.8, 4) is 16.9 Å². The van der Waals surface area contributed by atoms with Crippen molar-refractivity contribution in [2.24, 2.45) is 0 Å². The Morgan fingerprint density at radius 1 is 1.05 bits per heavy atom. The number of carbonyl (C=O) groups excluding carboxylic acids is 1. The zero-order valence-electron chi connectivity index (χ0n) is 19.3. The van der Waals surface area contributed by atoms with Crippen molar-refractivity contribution >= 4 is 28.2 Å². The smallest absolute Gasteiger partial charge is 0.273 e. The maximum atomic E-state index is 14.7. The molecule has 1 aromatic heterocycles. The summed E-state index contributed by atoms with van der Waals surface area (Å²) in [7, 11) is 0. The second kappa shape index (κ2) is 8.95. The van der Waals surface area contributed by atoms with E-state index in [1.807, 2.05) is 18.2 Å². The van der Waals surface area contributed by atoms with E-state index in [4.69, 9.17) is 4.74 Å². The normalized spacial score (nSPS) is 15.2. The SMILES string of the molecule is O=C(NN1CCOc2ccccc21)c1cnc2c(-c3cc(F)cc(F)c3F)cccc2c1N1CC(F)C1.[HH]. The number of amides is 1. The average molecular weight is 510 g/mol. The standard InChI is InChI=1S/C27H20F4N4O2.H2/c28-15-10-19(24(31)21(30)11-15)17-4-3-5-18-25(17)32-12-20(26(18)34-13-16(29)14-34)27(36)33-35-8-9-37-23-7-2-1-6-22(23)35;/h1-7,10-12,16H,8-9,13-14H2,(H,33,36);1H. The number of hydrogen-bond donors (Lipinski definition) is 1. The zero-order valence-corrected chi connectivity index (χ0v) is 19.3. The molecule has 0 saturated carbocycles. The molecule has 37 heavy (non-hydrogen) atoms. The lowest BCUT2D eigenvalue weighted by Crippen LogP contribution is -2.50. The van der Waals surface area contributed by atoms with Crippen molar-refractivity contribution in [3.63, 3.8) is 0 Å². The second-order valence-electron chi connectivity index (χ2n) is 8.88. The predicted octanol–water partition coefficient (Wildman–Crippen LogP) is 5.27. The Kier molecular flexibility index (Phi) is 5.58. The van der Waals surface area contributed by atoms with E-state index in [1.54, 1.807) is 28.1 Å². The molecule has 0 radical (unpaired) electrons. The Bertz CT molecular complexity index is 1550. The number of rotatable bonds is 4. The molecule has 0 bridgehead atoms. The number of ether oxygens (including phenoxy) is 1. The van der Waals surface area contributed by atoms with Gasteiger partial charge in [0.2, 0.25) is 0 Å². The Morgan fingerprint density at radius 2 is 1.86 bits per heavy atom. The number of carbonyl (C=O) groups is 1. The van der Waals surface area contributed by atoms with Crippen LogP contribution >= 0.6 is 0 Å². The van der Waals surface area contributed by atoms with Gasteiger partial charge in [-0.15, -0.1) is 0 Å². The molecule has 4 aromatic rings. The van der Waals surface area contributed by atoms with Crippen LogP contribution < -0.4 is 20.1 Å². The summed E-state index contributed by atoms with van der Waals surface area (Å²) < 4.78 is 62.2. The molecule has 1 saturated heterocycles. The summed E-state index contributed by atoms with van der Waals surface area (Å²) in [6, 6.07) is 13.4. The molecular formula is C27H22F4N4O2. The van der Waals surface area contributed by atoms with Crippen LogP contribution in [0.25, 0.3) is 22.0 Å². The van der Waals surface area contributed by atoms with E-state index >= 15 is 0 Å². The number of para-hydroxylation sites is 3. The van der Waals surface area contributed by atoms with Gasteiger partial charge in [0.15, 0.2) is 11.6 Å². The van der Waals surface area contributed by atoms with Gasteiger partial charge in [-0.2, -0.15) is 0 Å². The highest BCUT2D eigenvalue weighted by atomic mass is 19.2. The van der Waals surface area contributed by atoms with Crippen molar-refractivity contribution in [1.82, 2.24) is 10.4 Å². The topological polar surface area (TPSA) is 57.7 Å². The first-order valence-electron chi connectivity index (χ1n) is 11.7. The van der Waals surface area contributed by atoms with Crippen LogP contribution in [-0.2, 0) is 0 Å². The zero-order chi connectivity index (χ0) is 25.7. The first kappa shape index (κ1) is 23.1. The van der Waals surface area contributed by atoms with Crippen LogP contribution in [0, 0.1) is 17.5 Å². The third-order valence-corrected chi connectivity index (χ3v) is 6.52. The molecule has 0 unspecified atom stereocenters. The lowest BCUT2D eigenvalue weighted by Gasteiger charge is -2.38. The number of nitrogens with one attached hydrogen (secondary N) is 1. The van der Waals surface area contributed by atoms with E-state index in [-0.39, 0.29) is 36.7 Å². The maximum absolute atomic E-state index is 14.7. The van der Waals surface area contributed by atoms with E-state index < -0.39 is 29.5 Å². The molecule has 190 valence electrons. The Hall–Kier alpha value is -4.34. The highest BCUT2D eigenvalue weighted by Gasteiger charge is 2.32. The summed E-state index contributed by atoms with van der Waals surface area (Å²) in [4.78, 5) is 19.6. The molecule has 2 aliphatic heterocycles. The third kappa shape index (κ3) is 3.98. The first-order chi connectivity index (χ1) is 17.9. The minimum atomic E-state index is -1.32. The number of fused-ring (bicyclic) bond motifs is 2. The van der Waals surface area contributed by atoms with Crippen molar-refractivity contribution in [2.45, 2.75) is 6.17 Å². The van der Waals surface area contributed by atoms with E-state index in [1.165, 1.54) is 12.3 Å². The van der Waals surface area contributed by atoms with Gasteiger partial charge in [0.05, 0.1) is 42.1 Å². The van der Waals surface area contributed by atoms with Gasteiger partial charge in [-0.25, -0.2) is 17.6 Å². The van der Waals surface area contributed by atoms with E-state index in [0.717, 1.165) is 6.07 Å². The molecule has 3 heterocycles. The summed E-state index contributed by atoms with van der Waals surface area (Å²) in [5.74, 6) is -3.31. The number of alkyl halides is 1. The molecule has 6 nitrogen and oxygen atoms in total. The third-order valence-electron chi connectivity index (χ3n) is 6.52. The fourth-order valence-corrected chi connectivity index (χ4v) is 4.76. The second-order valence-corrected chi connectivity index (χ2v) is 8.88.